The van der Waals surface area contributed by atoms with E-state index in [1.165, 1.54) is 23.5 Å². The van der Waals surface area contributed by atoms with Crippen LogP contribution in [-0.4, -0.2) is 165 Å². The second-order valence-electron chi connectivity index (χ2n) is 14.6. The van der Waals surface area contributed by atoms with Crippen LogP contribution in [0.2, 0.25) is 0 Å². The van der Waals surface area contributed by atoms with Gasteiger partial charge in [0.15, 0.2) is 12.4 Å². The first-order valence-electron chi connectivity index (χ1n) is 20.5. The van der Waals surface area contributed by atoms with E-state index in [1.54, 1.807) is 7.11 Å². The van der Waals surface area contributed by atoms with Crippen LogP contribution in [0.3, 0.4) is 0 Å². The molecule has 2 amide bonds. The fourth-order valence-electron chi connectivity index (χ4n) is 6.34. The average Bonchev–Trinajstić information content (AvgIpc) is 3.65. The molecule has 0 radical (unpaired) electrons. The standard InChI is InChI=1S/C40H61N11O9S2/c1-3-4-5-10-45-37-36-32(46-40(43)47-37)8-12-51(36)21-28-7-6-27(19-33(28)58-2)20-49-13-15-50(16-14-49)35(53)9-17-59-18-11-44-34(52)22-60-48-29(23-61-25-30(41)38(54)55)24-62-26-31(42)39(56)57/h6-8,12,19,30-31H,3-5,9-11,13-18,20-26,41-42H2,1-2H3,(H,44,52)(H,54,55)(H,56,57)(H3,43,45,46,47)/t30-,31-/m0/s1. The number of carboxylic acid groups (broad SMARTS) is 2. The number of anilines is 2. The van der Waals surface area contributed by atoms with Gasteiger partial charge in [0.1, 0.15) is 23.3 Å². The van der Waals surface area contributed by atoms with Gasteiger partial charge in [-0.3, -0.25) is 24.1 Å². The van der Waals surface area contributed by atoms with Crippen molar-refractivity contribution in [1.29, 1.82) is 0 Å². The highest BCUT2D eigenvalue weighted by Gasteiger charge is 2.22. The molecule has 1 aliphatic rings. The smallest absolute Gasteiger partial charge is 0.321 e. The van der Waals surface area contributed by atoms with Gasteiger partial charge in [0.05, 0.1) is 44.5 Å². The van der Waals surface area contributed by atoms with E-state index in [0.29, 0.717) is 25.3 Å². The van der Waals surface area contributed by atoms with E-state index >= 15 is 0 Å². The van der Waals surface area contributed by atoms with E-state index in [0.717, 1.165) is 79.2 Å². The third kappa shape index (κ3) is 16.8. The number of oxime groups is 1. The molecular weight excluding hydrogens is 843 g/mol. The highest BCUT2D eigenvalue weighted by molar-refractivity contribution is 8.01. The maximum absolute atomic E-state index is 12.9. The van der Waals surface area contributed by atoms with E-state index in [9.17, 15) is 19.2 Å². The number of aromatic nitrogens is 3. The van der Waals surface area contributed by atoms with Gasteiger partial charge >= 0.3 is 11.9 Å². The monoisotopic (exact) mass is 903 g/mol. The number of benzene rings is 1. The third-order valence-electron chi connectivity index (χ3n) is 9.71. The summed E-state index contributed by atoms with van der Waals surface area (Å²) >= 11 is 2.45. The predicted molar refractivity (Wildman–Crippen MR) is 242 cm³/mol. The Morgan fingerprint density at radius 2 is 1.65 bits per heavy atom. The number of carboxylic acids is 2. The number of aliphatic carboxylic acids is 2. The molecule has 1 saturated heterocycles. The van der Waals surface area contributed by atoms with Crippen molar-refractivity contribution in [2.45, 2.75) is 57.8 Å². The van der Waals surface area contributed by atoms with Crippen molar-refractivity contribution in [3.8, 4) is 5.75 Å². The van der Waals surface area contributed by atoms with E-state index in [1.807, 2.05) is 17.2 Å². The lowest BCUT2D eigenvalue weighted by Crippen LogP contribution is -2.48. The molecule has 0 spiro atoms. The van der Waals surface area contributed by atoms with Crippen molar-refractivity contribution in [1.82, 2.24) is 29.7 Å². The number of fused-ring (bicyclic) bond motifs is 1. The number of carbonyl (C=O) groups excluding carboxylic acids is 2. The van der Waals surface area contributed by atoms with Crippen LogP contribution in [0, 0.1) is 0 Å². The maximum atomic E-state index is 12.9. The molecule has 0 unspecified atom stereocenters. The predicted octanol–water partition coefficient (Wildman–Crippen LogP) is 1.50. The van der Waals surface area contributed by atoms with Crippen molar-refractivity contribution in [3.63, 3.8) is 0 Å². The van der Waals surface area contributed by atoms with E-state index < -0.39 is 29.9 Å². The lowest BCUT2D eigenvalue weighted by molar-refractivity contribution is -0.138. The number of rotatable bonds is 29. The van der Waals surface area contributed by atoms with Crippen molar-refractivity contribution >= 4 is 75.8 Å². The fraction of sp³-hybridized carbons (Fsp3) is 0.575. The molecule has 3 aromatic rings. The van der Waals surface area contributed by atoms with Gasteiger partial charge in [0.2, 0.25) is 11.9 Å². The van der Waals surface area contributed by atoms with E-state index in [-0.39, 0.29) is 67.7 Å². The molecule has 3 heterocycles. The van der Waals surface area contributed by atoms with Gasteiger partial charge in [-0.15, -0.1) is 0 Å². The summed E-state index contributed by atoms with van der Waals surface area (Å²) in [6.07, 6.45) is 5.53. The van der Waals surface area contributed by atoms with Gasteiger partial charge in [-0.05, 0) is 24.1 Å². The van der Waals surface area contributed by atoms with Crippen LogP contribution in [0.4, 0.5) is 11.8 Å². The normalized spacial score (nSPS) is 14.0. The van der Waals surface area contributed by atoms with Gasteiger partial charge in [-0.1, -0.05) is 37.1 Å². The fourth-order valence-corrected chi connectivity index (χ4v) is 8.28. The number of amides is 2. The second-order valence-corrected chi connectivity index (χ2v) is 16.7. The number of carbonyl (C=O) groups is 4. The maximum Gasteiger partial charge on any atom is 0.321 e. The minimum absolute atomic E-state index is 0.0120. The minimum atomic E-state index is -1.13. The van der Waals surface area contributed by atoms with Gasteiger partial charge in [0.25, 0.3) is 5.91 Å². The molecule has 20 nitrogen and oxygen atoms in total. The second kappa shape index (κ2) is 26.6. The SMILES string of the molecule is CCCCCNc1nc(N)nc2ccn(Cc3ccc(CN4CCN(C(=O)CCOCCNC(=O)CON=C(CSC[C@H](N)C(=O)O)CSC[C@H](N)C(=O)O)CC4)cc3OC)c12. The first-order chi connectivity index (χ1) is 29.9. The summed E-state index contributed by atoms with van der Waals surface area (Å²) in [5.41, 5.74) is 21.4. The summed E-state index contributed by atoms with van der Waals surface area (Å²) in [4.78, 5) is 65.4. The number of hydrogen-bond donors (Lipinski definition) is 7. The molecule has 0 bridgehead atoms. The molecule has 22 heteroatoms. The summed E-state index contributed by atoms with van der Waals surface area (Å²) < 4.78 is 13.5. The molecule has 342 valence electrons. The summed E-state index contributed by atoms with van der Waals surface area (Å²) in [7, 11) is 1.68. The van der Waals surface area contributed by atoms with Crippen molar-refractivity contribution in [2.24, 2.45) is 16.6 Å². The Kier molecular flexibility index (Phi) is 21.3. The topological polar surface area (TPSA) is 288 Å². The summed E-state index contributed by atoms with van der Waals surface area (Å²) in [5.74, 6) is -0.127. The highest BCUT2D eigenvalue weighted by atomic mass is 32.2. The molecule has 2 atom stereocenters. The number of methoxy groups -OCH3 is 1. The number of nitrogens with zero attached hydrogens (tertiary/aromatic N) is 6. The Balaban J connectivity index is 1.13. The summed E-state index contributed by atoms with van der Waals surface area (Å²) in [6, 6.07) is 6.13. The molecular formula is C40H61N11O9S2. The van der Waals surface area contributed by atoms with E-state index in [4.69, 9.17) is 41.7 Å². The molecule has 1 fully saturated rings. The zero-order valence-corrected chi connectivity index (χ0v) is 37.1. The number of nitrogen functional groups attached to an aromatic ring is 1. The molecule has 2 aromatic heterocycles. The Hall–Kier alpha value is -4.87. The Labute approximate surface area is 370 Å². The molecule has 10 N–H and O–H groups in total. The zero-order chi connectivity index (χ0) is 44.9. The minimum Gasteiger partial charge on any atom is -0.496 e. The van der Waals surface area contributed by atoms with Gasteiger partial charge in [-0.2, -0.15) is 28.5 Å². The van der Waals surface area contributed by atoms with Crippen molar-refractivity contribution in [3.05, 3.63) is 41.6 Å². The summed E-state index contributed by atoms with van der Waals surface area (Å²) in [5, 5.41) is 28.1. The van der Waals surface area contributed by atoms with Crippen LogP contribution in [0.15, 0.2) is 35.6 Å². The Morgan fingerprint density at radius 3 is 2.31 bits per heavy atom. The zero-order valence-electron chi connectivity index (χ0n) is 35.5. The number of hydrogen-bond acceptors (Lipinski definition) is 17. The largest absolute Gasteiger partial charge is 0.496 e. The number of thioether (sulfide) groups is 2. The first-order valence-corrected chi connectivity index (χ1v) is 22.9. The van der Waals surface area contributed by atoms with E-state index in [2.05, 4.69) is 60.3 Å². The Bertz CT molecular complexity index is 1920. The van der Waals surface area contributed by atoms with Gasteiger partial charge < -0.3 is 61.8 Å². The average molecular weight is 904 g/mol. The van der Waals surface area contributed by atoms with Crippen LogP contribution in [-0.2, 0) is 41.8 Å². The molecule has 62 heavy (non-hydrogen) atoms. The molecule has 1 aliphatic heterocycles. The van der Waals surface area contributed by atoms with Gasteiger partial charge in [0, 0.05) is 80.6 Å². The van der Waals surface area contributed by atoms with Gasteiger partial charge in [-0.25, -0.2) is 4.98 Å². The van der Waals surface area contributed by atoms with Crippen LogP contribution in [0.1, 0.15) is 43.7 Å². The van der Waals surface area contributed by atoms with Crippen LogP contribution in [0.25, 0.3) is 11.0 Å². The number of nitrogens with one attached hydrogen (secondary N) is 2. The van der Waals surface area contributed by atoms with Crippen molar-refractivity contribution < 1.29 is 43.7 Å². The number of nitrogens with two attached hydrogens (primary N) is 3. The molecule has 4 rings (SSSR count). The molecule has 1 aromatic carbocycles. The third-order valence-corrected chi connectivity index (χ3v) is 12.0. The van der Waals surface area contributed by atoms with Crippen LogP contribution >= 0.6 is 23.5 Å². The molecule has 0 aliphatic carbocycles. The first kappa shape index (κ1) is 49.8. The van der Waals surface area contributed by atoms with Crippen molar-refractivity contribution in [2.75, 3.05) is 100 Å². The van der Waals surface area contributed by atoms with Crippen LogP contribution in [0.5, 0.6) is 5.75 Å². The lowest BCUT2D eigenvalue weighted by Gasteiger charge is -2.35. The Morgan fingerprint density at radius 1 is 0.935 bits per heavy atom. The highest BCUT2D eigenvalue weighted by Crippen LogP contribution is 2.28. The molecule has 0 saturated carbocycles. The quantitative estimate of drug-likeness (QED) is 0.0295. The van der Waals surface area contributed by atoms with Crippen LogP contribution < -0.4 is 32.6 Å². The summed E-state index contributed by atoms with van der Waals surface area (Å²) in [6.45, 7) is 7.21. The number of piperazine rings is 1. The lowest BCUT2D eigenvalue weighted by atomic mass is 10.1. The number of unbranched alkanes of at least 4 members (excludes halogenated alkanes) is 2. The number of ether oxygens (including phenoxy) is 2.